The van der Waals surface area contributed by atoms with Gasteiger partial charge in [-0.3, -0.25) is 39.9 Å². The Kier molecular flexibility index (Phi) is 11.1. The van der Waals surface area contributed by atoms with Crippen LogP contribution in [0.4, 0.5) is 22.7 Å². The maximum Gasteiger partial charge on any atom is 0.179 e. The average Bonchev–Trinajstić information content (AvgIpc) is 1.77. The van der Waals surface area contributed by atoms with E-state index in [9.17, 15) is 0 Å². The Morgan fingerprint density at radius 3 is 0.591 bits per heavy atom. The molecule has 0 unspecified atom stereocenters. The minimum absolute atomic E-state index is 0.643. The highest BCUT2D eigenvalue weighted by atomic mass is 28.3. The molecule has 0 atom stereocenters. The second-order valence-electron chi connectivity index (χ2n) is 24.5. The van der Waals surface area contributed by atoms with Crippen molar-refractivity contribution in [1.29, 1.82) is 0 Å². The number of hydrogen-bond acceptors (Lipinski definition) is 12. The van der Waals surface area contributed by atoms with Crippen molar-refractivity contribution in [2.24, 2.45) is 20.0 Å². The third kappa shape index (κ3) is 7.65. The number of hydrogen-bond donors (Lipinski definition) is 0. The molecule has 4 aliphatic heterocycles. The molecule has 8 aromatic heterocycles. The lowest BCUT2D eigenvalue weighted by Crippen LogP contribution is -2.74. The summed E-state index contributed by atoms with van der Waals surface area (Å²) >= 11 is 0. The van der Waals surface area contributed by atoms with E-state index >= 15 is 0 Å². The molecule has 12 nitrogen and oxygen atoms in total. The van der Waals surface area contributed by atoms with Crippen molar-refractivity contribution in [2.75, 3.05) is 0 Å². The van der Waals surface area contributed by atoms with Crippen molar-refractivity contribution in [3.05, 3.63) is 288 Å². The first-order chi connectivity index (χ1) is 46.1. The first kappa shape index (κ1) is 51.8. The van der Waals surface area contributed by atoms with Crippen molar-refractivity contribution >= 4 is 162 Å². The van der Waals surface area contributed by atoms with Crippen molar-refractivity contribution in [1.82, 2.24) is 39.9 Å². The largest absolute Gasteiger partial charge is 0.256 e. The first-order valence-corrected chi connectivity index (χ1v) is 33.4. The molecule has 0 saturated carbocycles. The summed E-state index contributed by atoms with van der Waals surface area (Å²) in [5.74, 6) is 0. The third-order valence-electron chi connectivity index (χ3n) is 19.8. The van der Waals surface area contributed by atoms with Gasteiger partial charge >= 0.3 is 0 Å². The minimum atomic E-state index is -3.33. The predicted molar refractivity (Wildman–Crippen MR) is 378 cm³/mol. The number of benzene rings is 8. The maximum absolute atomic E-state index is 5.42. The van der Waals surface area contributed by atoms with Crippen LogP contribution in [0.25, 0.3) is 87.2 Å². The Morgan fingerprint density at radius 1 is 0.204 bits per heavy atom. The SMILES string of the molecule is c1cnc2c3c(c4ncccc4c2c1)N=C(c1ccc([Si](c2ccc(C4=Nc5c(c6ncccc6c6cccnc56)C4)cc2)(c2ccc(C4=Nc5c(c6ncccc6c6cccnc56)C4)cc2)c2ccc(C4=Nc5c(c6ncccc6c6cccnc56)C4)cc2)cc1)C3. The first-order valence-electron chi connectivity index (χ1n) is 31.4. The maximum atomic E-state index is 5.42. The van der Waals surface area contributed by atoms with Crippen LogP contribution < -0.4 is 20.7 Å². The smallest absolute Gasteiger partial charge is 0.179 e. The fourth-order valence-electron chi connectivity index (χ4n) is 15.6. The molecule has 13 heteroatoms. The van der Waals surface area contributed by atoms with Gasteiger partial charge in [0.05, 0.1) is 89.7 Å². The zero-order valence-electron chi connectivity index (χ0n) is 49.8. The van der Waals surface area contributed by atoms with Gasteiger partial charge in [0, 0.05) is 141 Å². The number of fused-ring (bicyclic) bond motifs is 24. The van der Waals surface area contributed by atoms with Crippen LogP contribution in [0.1, 0.15) is 44.5 Å². The number of rotatable bonds is 8. The van der Waals surface area contributed by atoms with Crippen molar-refractivity contribution in [2.45, 2.75) is 25.7 Å². The summed E-state index contributed by atoms with van der Waals surface area (Å²) in [6, 6.07) is 70.3. The molecule has 4 aliphatic rings. The Balaban J connectivity index is 0.759. The van der Waals surface area contributed by atoms with Gasteiger partial charge in [-0.05, 0) is 91.5 Å². The molecule has 0 N–H and O–H groups in total. The van der Waals surface area contributed by atoms with Crippen LogP contribution in [-0.4, -0.2) is 70.8 Å². The van der Waals surface area contributed by atoms with Gasteiger partial charge in [0.2, 0.25) is 0 Å². The summed E-state index contributed by atoms with van der Waals surface area (Å²) in [6.07, 6.45) is 17.5. The molecule has 0 spiro atoms. The Morgan fingerprint density at radius 2 is 0.387 bits per heavy atom. The van der Waals surface area contributed by atoms with Crippen molar-refractivity contribution < 1.29 is 0 Å². The van der Waals surface area contributed by atoms with Gasteiger partial charge in [0.25, 0.3) is 0 Å². The third-order valence-corrected chi connectivity index (χ3v) is 24.6. The minimum Gasteiger partial charge on any atom is -0.256 e. The highest BCUT2D eigenvalue weighted by Crippen LogP contribution is 2.45. The Bertz CT molecular complexity index is 5350. The fourth-order valence-corrected chi connectivity index (χ4v) is 20.2. The summed E-state index contributed by atoms with van der Waals surface area (Å²) in [6.45, 7) is 0. The number of aromatic nitrogens is 8. The van der Waals surface area contributed by atoms with Gasteiger partial charge in [0.15, 0.2) is 8.07 Å². The quantitative estimate of drug-likeness (QED) is 0.0828. The molecule has 16 aromatic rings. The molecule has 0 fully saturated rings. The molecule has 12 heterocycles. The molecule has 0 bridgehead atoms. The predicted octanol–water partition coefficient (Wildman–Crippen LogP) is 14.2. The second-order valence-corrected chi connectivity index (χ2v) is 28.3. The van der Waals surface area contributed by atoms with E-state index in [1.54, 1.807) is 0 Å². The standard InChI is InChI=1S/C80H48N12Si/c1-9-53-57-13-5-37-85-73(57)77-61(69(53)81-33-1)41-65(89-77)45-17-25-49(26-18-45)93(50-27-19-46(20-28-50)66-42-62-70-54(10-2-34-82-70)58-14-6-38-86-74(58)78(62)90-66,51-29-21-47(22-30-51)67-43-63-71-55(11-3-35-83-71)59-15-7-39-87-75(59)79(63)91-67)52-31-23-48(24-32-52)68-44-64-72-56(12-4-36-84-72)60-16-8-40-88-76(60)80(64)92-68/h1-40H,41-44H2. The number of pyridine rings is 8. The van der Waals surface area contributed by atoms with Crippen molar-refractivity contribution in [3.63, 3.8) is 0 Å². The topological polar surface area (TPSA) is 153 Å². The molecule has 20 rings (SSSR count). The fraction of sp³-hybridized carbons (Fsp3) is 0.0500. The lowest BCUT2D eigenvalue weighted by atomic mass is 9.98. The van der Waals surface area contributed by atoms with Gasteiger partial charge in [-0.1, -0.05) is 146 Å². The van der Waals surface area contributed by atoms with Crippen LogP contribution in [0.3, 0.4) is 0 Å². The summed E-state index contributed by atoms with van der Waals surface area (Å²) in [5, 5.41) is 13.5. The zero-order valence-corrected chi connectivity index (χ0v) is 50.8. The van der Waals surface area contributed by atoms with Gasteiger partial charge in [0.1, 0.15) is 0 Å². The van der Waals surface area contributed by atoms with E-state index in [2.05, 4.69) is 146 Å². The molecular formula is C80H48N12Si. The molecule has 432 valence electrons. The average molecular weight is 1210 g/mol. The van der Waals surface area contributed by atoms with Crippen LogP contribution in [0.5, 0.6) is 0 Å². The van der Waals surface area contributed by atoms with Crippen LogP contribution >= 0.6 is 0 Å². The molecule has 0 radical (unpaired) electrons. The molecular weight excluding hydrogens is 1160 g/mol. The van der Waals surface area contributed by atoms with Crippen molar-refractivity contribution in [3.8, 4) is 0 Å². The molecule has 8 aromatic carbocycles. The lowest BCUT2D eigenvalue weighted by molar-refractivity contribution is 1.33. The van der Waals surface area contributed by atoms with Crippen LogP contribution in [0, 0.1) is 0 Å². The van der Waals surface area contributed by atoms with Gasteiger partial charge < -0.3 is 0 Å². The Labute approximate surface area is 532 Å². The van der Waals surface area contributed by atoms with Crippen LogP contribution in [0.2, 0.25) is 0 Å². The van der Waals surface area contributed by atoms with Gasteiger partial charge in [-0.25, -0.2) is 20.0 Å². The van der Waals surface area contributed by atoms with Gasteiger partial charge in [-0.15, -0.1) is 0 Å². The van der Waals surface area contributed by atoms with E-state index in [0.29, 0.717) is 25.7 Å². The summed E-state index contributed by atoms with van der Waals surface area (Å²) in [4.78, 5) is 61.1. The molecule has 0 saturated heterocycles. The lowest BCUT2D eigenvalue weighted by Gasteiger charge is -2.35. The van der Waals surface area contributed by atoms with Crippen LogP contribution in [-0.2, 0) is 25.7 Å². The Hall–Kier alpha value is -12.1. The summed E-state index contributed by atoms with van der Waals surface area (Å²) in [5.41, 5.74) is 23.7. The number of nitrogens with zero attached hydrogens (tertiary/aromatic N) is 12. The monoisotopic (exact) mass is 1200 g/mol. The van der Waals surface area contributed by atoms with E-state index < -0.39 is 8.07 Å². The zero-order chi connectivity index (χ0) is 60.9. The molecule has 0 amide bonds. The summed E-state index contributed by atoms with van der Waals surface area (Å²) < 4.78 is 0. The van der Waals surface area contributed by atoms with Gasteiger partial charge in [-0.2, -0.15) is 0 Å². The highest BCUT2D eigenvalue weighted by Gasteiger charge is 2.43. The second kappa shape index (κ2) is 20.0. The van der Waals surface area contributed by atoms with E-state index in [4.69, 9.17) is 59.8 Å². The van der Waals surface area contributed by atoms with Crippen LogP contribution in [0.15, 0.2) is 264 Å². The van der Waals surface area contributed by atoms with E-state index in [0.717, 1.165) is 177 Å². The highest BCUT2D eigenvalue weighted by molar-refractivity contribution is 7.20. The summed E-state index contributed by atoms with van der Waals surface area (Å²) in [7, 11) is -3.33. The molecule has 93 heavy (non-hydrogen) atoms. The van der Waals surface area contributed by atoms with E-state index in [-0.39, 0.29) is 0 Å². The van der Waals surface area contributed by atoms with E-state index in [1.807, 2.05) is 98.1 Å². The normalized spacial score (nSPS) is 14.1. The number of aliphatic imine (C=N–C) groups is 4. The molecule has 0 aliphatic carbocycles. The van der Waals surface area contributed by atoms with E-state index in [1.165, 1.54) is 20.7 Å².